The van der Waals surface area contributed by atoms with Gasteiger partial charge in [0.2, 0.25) is 0 Å². The van der Waals surface area contributed by atoms with Gasteiger partial charge in [0.05, 0.1) is 0 Å². The minimum atomic E-state index is 0.603. The fourth-order valence-electron chi connectivity index (χ4n) is 0.295. The highest BCUT2D eigenvalue weighted by molar-refractivity contribution is 4.69. The van der Waals surface area contributed by atoms with Gasteiger partial charge < -0.3 is 5.73 Å². The lowest BCUT2D eigenvalue weighted by Crippen LogP contribution is -2.25. The van der Waals surface area contributed by atoms with Gasteiger partial charge in [0.15, 0.2) is 0 Å². The van der Waals surface area contributed by atoms with Crippen molar-refractivity contribution in [2.75, 3.05) is 20.3 Å². The predicted molar refractivity (Wildman–Crippen MR) is 31.9 cm³/mol. The van der Waals surface area contributed by atoms with Crippen molar-refractivity contribution < 1.29 is 0 Å². The van der Waals surface area contributed by atoms with Gasteiger partial charge in [-0.3, -0.25) is 4.90 Å². The summed E-state index contributed by atoms with van der Waals surface area (Å²) in [6, 6.07) is 0. The van der Waals surface area contributed by atoms with Gasteiger partial charge >= 0.3 is 0 Å². The summed E-state index contributed by atoms with van der Waals surface area (Å²) in [5, 5.41) is 0. The Kier molecular flexibility index (Phi) is 3.65. The van der Waals surface area contributed by atoms with Crippen LogP contribution in [0, 0.1) is 0 Å². The molecule has 0 saturated carbocycles. The summed E-state index contributed by atoms with van der Waals surface area (Å²) in [4.78, 5) is 1.97. The van der Waals surface area contributed by atoms with Crippen LogP contribution in [0.25, 0.3) is 0 Å². The van der Waals surface area contributed by atoms with Crippen LogP contribution in [0.1, 0.15) is 0 Å². The van der Waals surface area contributed by atoms with E-state index in [4.69, 9.17) is 5.73 Å². The molecule has 0 aliphatic rings. The first kappa shape index (κ1) is 6.66. The molecule has 0 fully saturated rings. The standard InChI is InChI=1S/C5H12N2/c1-3-4-7(2)5-6/h3H,1,4-6H2,2H3. The molecule has 0 atom stereocenters. The van der Waals surface area contributed by atoms with Crippen molar-refractivity contribution in [1.82, 2.24) is 4.90 Å². The number of nitrogens with zero attached hydrogens (tertiary/aromatic N) is 1. The quantitative estimate of drug-likeness (QED) is 0.400. The Hall–Kier alpha value is -0.340. The third kappa shape index (κ3) is 3.49. The van der Waals surface area contributed by atoms with E-state index in [2.05, 4.69) is 6.58 Å². The van der Waals surface area contributed by atoms with Crippen LogP contribution in [-0.2, 0) is 0 Å². The van der Waals surface area contributed by atoms with Crippen LogP contribution in [0.4, 0.5) is 0 Å². The van der Waals surface area contributed by atoms with Crippen LogP contribution in [0.5, 0.6) is 0 Å². The van der Waals surface area contributed by atoms with Crippen molar-refractivity contribution in [2.45, 2.75) is 0 Å². The van der Waals surface area contributed by atoms with Crippen LogP contribution < -0.4 is 5.73 Å². The second-order valence-corrected chi connectivity index (χ2v) is 1.51. The predicted octanol–water partition coefficient (Wildman–Crippen LogP) is 0.0204. The van der Waals surface area contributed by atoms with Crippen LogP contribution >= 0.6 is 0 Å². The summed E-state index contributed by atoms with van der Waals surface area (Å²) in [5.74, 6) is 0. The van der Waals surface area contributed by atoms with Crippen molar-refractivity contribution in [3.05, 3.63) is 12.7 Å². The smallest absolute Gasteiger partial charge is 0.0455 e. The average molecular weight is 100 g/mol. The topological polar surface area (TPSA) is 29.3 Å². The molecule has 0 aliphatic carbocycles. The summed E-state index contributed by atoms with van der Waals surface area (Å²) < 4.78 is 0. The Labute approximate surface area is 44.6 Å². The van der Waals surface area contributed by atoms with Gasteiger partial charge in [-0.05, 0) is 7.05 Å². The first-order valence-electron chi connectivity index (χ1n) is 2.30. The highest BCUT2D eigenvalue weighted by Gasteiger charge is 1.84. The summed E-state index contributed by atoms with van der Waals surface area (Å²) in [6.45, 7) is 5.03. The van der Waals surface area contributed by atoms with E-state index < -0.39 is 0 Å². The van der Waals surface area contributed by atoms with Crippen molar-refractivity contribution in [3.8, 4) is 0 Å². The Morgan fingerprint density at radius 3 is 2.57 bits per heavy atom. The zero-order valence-corrected chi connectivity index (χ0v) is 4.72. The Bertz CT molecular complexity index is 52.0. The van der Waals surface area contributed by atoms with E-state index in [1.54, 1.807) is 0 Å². The first-order valence-corrected chi connectivity index (χ1v) is 2.30. The maximum atomic E-state index is 5.24. The number of rotatable bonds is 3. The fourth-order valence-corrected chi connectivity index (χ4v) is 0.295. The van der Waals surface area contributed by atoms with Crippen LogP contribution in [0.15, 0.2) is 12.7 Å². The van der Waals surface area contributed by atoms with Gasteiger partial charge in [-0.1, -0.05) is 6.08 Å². The molecule has 2 heteroatoms. The first-order chi connectivity index (χ1) is 3.31. The fraction of sp³-hybridized carbons (Fsp3) is 0.600. The SMILES string of the molecule is C=CCN(C)CN. The summed E-state index contributed by atoms with van der Waals surface area (Å²) in [5.41, 5.74) is 5.24. The van der Waals surface area contributed by atoms with Crippen molar-refractivity contribution >= 4 is 0 Å². The molecule has 0 rings (SSSR count). The van der Waals surface area contributed by atoms with Crippen LogP contribution in [-0.4, -0.2) is 25.2 Å². The Morgan fingerprint density at radius 1 is 1.86 bits per heavy atom. The van der Waals surface area contributed by atoms with Crippen LogP contribution in [0.3, 0.4) is 0 Å². The molecule has 0 aliphatic heterocycles. The van der Waals surface area contributed by atoms with E-state index in [0.29, 0.717) is 6.67 Å². The van der Waals surface area contributed by atoms with E-state index in [9.17, 15) is 0 Å². The van der Waals surface area contributed by atoms with E-state index in [-0.39, 0.29) is 0 Å². The molecule has 42 valence electrons. The maximum absolute atomic E-state index is 5.24. The van der Waals surface area contributed by atoms with Gasteiger partial charge in [-0.25, -0.2) is 0 Å². The molecule has 0 aromatic rings. The molecular weight excluding hydrogens is 88.1 g/mol. The molecule has 0 unspecified atom stereocenters. The molecule has 2 nitrogen and oxygen atoms in total. The highest BCUT2D eigenvalue weighted by atomic mass is 15.1. The van der Waals surface area contributed by atoms with Crippen LogP contribution in [0.2, 0.25) is 0 Å². The number of likely N-dealkylation sites (N-methyl/N-ethyl adjacent to an activating group) is 1. The van der Waals surface area contributed by atoms with E-state index in [1.807, 2.05) is 18.0 Å². The zero-order valence-electron chi connectivity index (χ0n) is 4.72. The normalized spacial score (nSPS) is 9.57. The zero-order chi connectivity index (χ0) is 5.70. The largest absolute Gasteiger partial charge is 0.318 e. The molecule has 2 N–H and O–H groups in total. The van der Waals surface area contributed by atoms with Gasteiger partial charge in [0.1, 0.15) is 0 Å². The molecule has 0 spiro atoms. The molecule has 0 amide bonds. The van der Waals surface area contributed by atoms with E-state index in [1.165, 1.54) is 0 Å². The highest BCUT2D eigenvalue weighted by Crippen LogP contribution is 1.73. The minimum Gasteiger partial charge on any atom is -0.318 e. The molecule has 0 radical (unpaired) electrons. The Morgan fingerprint density at radius 2 is 2.43 bits per heavy atom. The second kappa shape index (κ2) is 3.84. The summed E-state index contributed by atoms with van der Waals surface area (Å²) >= 11 is 0. The lowest BCUT2D eigenvalue weighted by molar-refractivity contribution is 0.383. The molecular formula is C5H12N2. The molecule has 0 heterocycles. The summed E-state index contributed by atoms with van der Waals surface area (Å²) in [6.07, 6.45) is 1.83. The third-order valence-corrected chi connectivity index (χ3v) is 0.752. The lowest BCUT2D eigenvalue weighted by Gasteiger charge is -2.08. The molecule has 0 bridgehead atoms. The second-order valence-electron chi connectivity index (χ2n) is 1.51. The van der Waals surface area contributed by atoms with Gasteiger partial charge in [0, 0.05) is 13.2 Å². The average Bonchev–Trinajstić information content (AvgIpc) is 1.68. The number of nitrogens with two attached hydrogens (primary N) is 1. The van der Waals surface area contributed by atoms with Crippen molar-refractivity contribution in [2.24, 2.45) is 5.73 Å². The van der Waals surface area contributed by atoms with Gasteiger partial charge in [-0.2, -0.15) is 0 Å². The molecule has 0 aromatic carbocycles. The van der Waals surface area contributed by atoms with Crippen molar-refractivity contribution in [1.29, 1.82) is 0 Å². The molecule has 0 aromatic heterocycles. The van der Waals surface area contributed by atoms with Crippen molar-refractivity contribution in [3.63, 3.8) is 0 Å². The maximum Gasteiger partial charge on any atom is 0.0455 e. The monoisotopic (exact) mass is 100 g/mol. The van der Waals surface area contributed by atoms with Gasteiger partial charge in [-0.15, -0.1) is 6.58 Å². The lowest BCUT2D eigenvalue weighted by atomic mass is 10.6. The van der Waals surface area contributed by atoms with E-state index in [0.717, 1.165) is 6.54 Å². The van der Waals surface area contributed by atoms with E-state index >= 15 is 0 Å². The number of hydrogen-bond donors (Lipinski definition) is 1. The third-order valence-electron chi connectivity index (χ3n) is 0.752. The van der Waals surface area contributed by atoms with Gasteiger partial charge in [0.25, 0.3) is 0 Å². The Balaban J connectivity index is 2.98. The molecule has 7 heavy (non-hydrogen) atoms. The minimum absolute atomic E-state index is 0.603. The number of hydrogen-bond acceptors (Lipinski definition) is 2. The summed E-state index contributed by atoms with van der Waals surface area (Å²) in [7, 11) is 1.95. The molecule has 0 saturated heterocycles.